The molecule has 1 saturated heterocycles. The molecule has 0 aliphatic carbocycles. The predicted octanol–water partition coefficient (Wildman–Crippen LogP) is 1.47. The molecule has 0 radical (unpaired) electrons. The minimum Gasteiger partial charge on any atom is -0.462 e. The molecule has 1 aliphatic rings. The van der Waals surface area contributed by atoms with Crippen LogP contribution in [0.25, 0.3) is 0 Å². The Morgan fingerprint density at radius 2 is 2.12 bits per heavy atom. The summed E-state index contributed by atoms with van der Waals surface area (Å²) in [7, 11) is -3.44. The summed E-state index contributed by atoms with van der Waals surface area (Å²) in [5.74, 6) is -0.386. The summed E-state index contributed by atoms with van der Waals surface area (Å²) in [6.45, 7) is 2.15. The molecule has 0 aromatic heterocycles. The molecule has 2 atom stereocenters. The highest BCUT2D eigenvalue weighted by molar-refractivity contribution is 7.85. The minimum atomic E-state index is -3.44. The van der Waals surface area contributed by atoms with Gasteiger partial charge in [-0.1, -0.05) is 19.8 Å². The summed E-state index contributed by atoms with van der Waals surface area (Å²) >= 11 is 0. The topological polar surface area (TPSA) is 69.7 Å². The van der Waals surface area contributed by atoms with E-state index in [4.69, 9.17) is 8.92 Å². The fourth-order valence-corrected chi connectivity index (χ4v) is 2.35. The molecule has 0 spiro atoms. The van der Waals surface area contributed by atoms with E-state index in [2.05, 4.69) is 6.92 Å². The number of unbranched alkanes of at least 4 members (excludes halogenated alkanes) is 2. The maximum atomic E-state index is 11.2. The SMILES string of the molecule is CCCCC[C@@H]1OC(=O)C[C@H]1COS(C)(=O)=O. The first-order valence-corrected chi connectivity index (χ1v) is 7.78. The van der Waals surface area contributed by atoms with Gasteiger partial charge >= 0.3 is 5.97 Å². The summed E-state index contributed by atoms with van der Waals surface area (Å²) in [6, 6.07) is 0. The van der Waals surface area contributed by atoms with Crippen molar-refractivity contribution in [3.63, 3.8) is 0 Å². The van der Waals surface area contributed by atoms with Gasteiger partial charge in [-0.05, 0) is 12.8 Å². The Morgan fingerprint density at radius 1 is 1.41 bits per heavy atom. The standard InChI is InChI=1S/C11H20O5S/c1-3-4-5-6-10-9(7-11(12)16-10)8-15-17(2,13)14/h9-10H,3-8H2,1-2H3/t9-,10-/m0/s1. The molecule has 100 valence electrons. The van der Waals surface area contributed by atoms with Crippen LogP contribution >= 0.6 is 0 Å². The third-order valence-electron chi connectivity index (χ3n) is 2.83. The highest BCUT2D eigenvalue weighted by Gasteiger charge is 2.35. The molecule has 5 nitrogen and oxygen atoms in total. The van der Waals surface area contributed by atoms with E-state index in [1.54, 1.807) is 0 Å². The van der Waals surface area contributed by atoms with Gasteiger partial charge in [0.1, 0.15) is 6.10 Å². The van der Waals surface area contributed by atoms with Crippen molar-refractivity contribution in [3.8, 4) is 0 Å². The first-order valence-electron chi connectivity index (χ1n) is 5.96. The van der Waals surface area contributed by atoms with Crippen LogP contribution in [0.3, 0.4) is 0 Å². The Labute approximate surface area is 103 Å². The zero-order valence-electron chi connectivity index (χ0n) is 10.3. The molecule has 1 fully saturated rings. The number of carbonyl (C=O) groups excluding carboxylic acids is 1. The lowest BCUT2D eigenvalue weighted by Crippen LogP contribution is -2.22. The van der Waals surface area contributed by atoms with Crippen molar-refractivity contribution >= 4 is 16.1 Å². The second kappa shape index (κ2) is 6.35. The van der Waals surface area contributed by atoms with E-state index in [1.165, 1.54) is 0 Å². The highest BCUT2D eigenvalue weighted by atomic mass is 32.2. The van der Waals surface area contributed by atoms with Crippen molar-refractivity contribution in [2.24, 2.45) is 5.92 Å². The number of hydrogen-bond acceptors (Lipinski definition) is 5. The number of hydrogen-bond donors (Lipinski definition) is 0. The minimum absolute atomic E-state index is 0.0430. The molecule has 1 heterocycles. The van der Waals surface area contributed by atoms with Gasteiger partial charge in [-0.3, -0.25) is 8.98 Å². The van der Waals surface area contributed by atoms with E-state index < -0.39 is 10.1 Å². The predicted molar refractivity (Wildman–Crippen MR) is 62.9 cm³/mol. The summed E-state index contributed by atoms with van der Waals surface area (Å²) in [5.41, 5.74) is 0. The maximum absolute atomic E-state index is 11.2. The second-order valence-corrected chi connectivity index (χ2v) is 6.12. The van der Waals surface area contributed by atoms with Gasteiger partial charge in [-0.2, -0.15) is 8.42 Å². The molecular weight excluding hydrogens is 244 g/mol. The molecule has 6 heteroatoms. The Kier molecular flexibility index (Phi) is 5.39. The number of cyclic esters (lactones) is 1. The number of carbonyl (C=O) groups is 1. The van der Waals surface area contributed by atoms with Crippen LogP contribution in [0.2, 0.25) is 0 Å². The van der Waals surface area contributed by atoms with E-state index in [9.17, 15) is 13.2 Å². The molecule has 0 aromatic carbocycles. The van der Waals surface area contributed by atoms with Crippen LogP contribution in [-0.4, -0.2) is 33.4 Å². The van der Waals surface area contributed by atoms with Crippen LogP contribution in [0.4, 0.5) is 0 Å². The lowest BCUT2D eigenvalue weighted by molar-refractivity contribution is -0.141. The maximum Gasteiger partial charge on any atom is 0.306 e. The third kappa shape index (κ3) is 5.50. The van der Waals surface area contributed by atoms with Crippen molar-refractivity contribution in [2.45, 2.75) is 45.1 Å². The molecule has 0 aromatic rings. The second-order valence-electron chi connectivity index (χ2n) is 4.48. The van der Waals surface area contributed by atoms with Crippen molar-refractivity contribution in [3.05, 3.63) is 0 Å². The third-order valence-corrected chi connectivity index (χ3v) is 3.39. The van der Waals surface area contributed by atoms with Crippen LogP contribution in [0, 0.1) is 5.92 Å². The van der Waals surface area contributed by atoms with Crippen LogP contribution in [-0.2, 0) is 23.8 Å². The molecule has 1 aliphatic heterocycles. The average molecular weight is 264 g/mol. The number of rotatable bonds is 7. The zero-order chi connectivity index (χ0) is 12.9. The van der Waals surface area contributed by atoms with E-state index in [0.717, 1.165) is 31.9 Å². The average Bonchev–Trinajstić information content (AvgIpc) is 2.56. The van der Waals surface area contributed by atoms with Crippen LogP contribution < -0.4 is 0 Å². The molecule has 0 N–H and O–H groups in total. The first-order chi connectivity index (χ1) is 7.92. The van der Waals surface area contributed by atoms with Crippen molar-refractivity contribution in [1.82, 2.24) is 0 Å². The summed E-state index contributed by atoms with van der Waals surface area (Å²) in [6.07, 6.45) is 5.05. The van der Waals surface area contributed by atoms with Gasteiger partial charge in [0.2, 0.25) is 0 Å². The van der Waals surface area contributed by atoms with Gasteiger partial charge < -0.3 is 4.74 Å². The fraction of sp³-hybridized carbons (Fsp3) is 0.909. The van der Waals surface area contributed by atoms with E-state index in [1.807, 2.05) is 0 Å². The van der Waals surface area contributed by atoms with Gasteiger partial charge in [0.25, 0.3) is 10.1 Å². The fourth-order valence-electron chi connectivity index (χ4n) is 1.93. The lowest BCUT2D eigenvalue weighted by atomic mass is 9.98. The molecule has 0 saturated carbocycles. The van der Waals surface area contributed by atoms with E-state index in [0.29, 0.717) is 0 Å². The normalized spacial score (nSPS) is 24.9. The molecule has 17 heavy (non-hydrogen) atoms. The van der Waals surface area contributed by atoms with Gasteiger partial charge in [-0.15, -0.1) is 0 Å². The van der Waals surface area contributed by atoms with Gasteiger partial charge in [-0.25, -0.2) is 0 Å². The first kappa shape index (κ1) is 14.4. The van der Waals surface area contributed by atoms with Crippen molar-refractivity contribution in [1.29, 1.82) is 0 Å². The molecule has 0 amide bonds. The van der Waals surface area contributed by atoms with Gasteiger partial charge in [0, 0.05) is 5.92 Å². The Bertz CT molecular complexity index is 349. The molecule has 0 unspecified atom stereocenters. The summed E-state index contributed by atoms with van der Waals surface area (Å²) in [4.78, 5) is 11.2. The molecular formula is C11H20O5S. The zero-order valence-corrected chi connectivity index (χ0v) is 11.2. The van der Waals surface area contributed by atoms with Gasteiger partial charge in [0.05, 0.1) is 19.3 Å². The number of ether oxygens (including phenoxy) is 1. The monoisotopic (exact) mass is 264 g/mol. The highest BCUT2D eigenvalue weighted by Crippen LogP contribution is 2.27. The Balaban J connectivity index is 2.41. The quantitative estimate of drug-likeness (QED) is 0.396. The Morgan fingerprint density at radius 3 is 2.71 bits per heavy atom. The van der Waals surface area contributed by atoms with Crippen LogP contribution in [0.15, 0.2) is 0 Å². The van der Waals surface area contributed by atoms with Crippen LogP contribution in [0.1, 0.15) is 39.0 Å². The van der Waals surface area contributed by atoms with E-state index in [-0.39, 0.29) is 31.0 Å². The van der Waals surface area contributed by atoms with Crippen LogP contribution in [0.5, 0.6) is 0 Å². The smallest absolute Gasteiger partial charge is 0.306 e. The summed E-state index contributed by atoms with van der Waals surface area (Å²) in [5, 5.41) is 0. The lowest BCUT2D eigenvalue weighted by Gasteiger charge is -2.16. The van der Waals surface area contributed by atoms with Gasteiger partial charge in [0.15, 0.2) is 0 Å². The largest absolute Gasteiger partial charge is 0.462 e. The number of esters is 1. The van der Waals surface area contributed by atoms with Crippen molar-refractivity contribution in [2.75, 3.05) is 12.9 Å². The molecule has 1 rings (SSSR count). The summed E-state index contributed by atoms with van der Waals surface area (Å²) < 4.78 is 31.7. The van der Waals surface area contributed by atoms with E-state index >= 15 is 0 Å². The molecule has 0 bridgehead atoms. The van der Waals surface area contributed by atoms with Crippen molar-refractivity contribution < 1.29 is 22.1 Å². The Hall–Kier alpha value is -0.620.